The van der Waals surface area contributed by atoms with Crippen LogP contribution in [0.1, 0.15) is 17.0 Å². The molecule has 3 N–H and O–H groups in total. The molecular formula is C18H16F2N4O3S2. The standard InChI is InChI=1S/C18H16F2N4O3S2/c1-9-4-12(21)6-22-17(9)29(25,26)24-18-23-15(16(20)28-18)10-2-3-13(14(19)5-10)11-7-27-8-11/h2-6,11H,7-8,21H2,1H3,(H,23,24). The van der Waals surface area contributed by atoms with Crippen molar-refractivity contribution in [3.8, 4) is 11.3 Å². The maximum absolute atomic E-state index is 14.4. The fourth-order valence-corrected chi connectivity index (χ4v) is 5.08. The zero-order valence-corrected chi connectivity index (χ0v) is 16.8. The van der Waals surface area contributed by atoms with Crippen molar-refractivity contribution in [3.05, 3.63) is 52.5 Å². The molecule has 1 fully saturated rings. The average Bonchev–Trinajstić information content (AvgIpc) is 2.94. The van der Waals surface area contributed by atoms with E-state index in [0.717, 1.165) is 0 Å². The number of sulfonamides is 1. The van der Waals surface area contributed by atoms with E-state index >= 15 is 0 Å². The molecule has 4 rings (SSSR count). The molecule has 7 nitrogen and oxygen atoms in total. The third-order valence-corrected chi connectivity index (χ3v) is 6.75. The number of anilines is 2. The van der Waals surface area contributed by atoms with Gasteiger partial charge in [-0.3, -0.25) is 4.72 Å². The summed E-state index contributed by atoms with van der Waals surface area (Å²) in [5.74, 6) is -0.491. The molecule has 3 aromatic rings. The molecule has 3 heterocycles. The zero-order chi connectivity index (χ0) is 20.8. The van der Waals surface area contributed by atoms with Gasteiger partial charge in [-0.05, 0) is 30.2 Å². The summed E-state index contributed by atoms with van der Waals surface area (Å²) >= 11 is 0.509. The number of rotatable bonds is 5. The Kier molecular flexibility index (Phi) is 4.97. The predicted molar refractivity (Wildman–Crippen MR) is 105 cm³/mol. The van der Waals surface area contributed by atoms with Gasteiger partial charge in [0.1, 0.15) is 11.5 Å². The topological polar surface area (TPSA) is 107 Å². The monoisotopic (exact) mass is 438 g/mol. The lowest BCUT2D eigenvalue weighted by molar-refractivity contribution is 0.00704. The average molecular weight is 438 g/mol. The molecule has 0 spiro atoms. The van der Waals surface area contributed by atoms with Gasteiger partial charge in [-0.25, -0.2) is 14.4 Å². The summed E-state index contributed by atoms with van der Waals surface area (Å²) in [6.45, 7) is 2.45. The number of hydrogen-bond donors (Lipinski definition) is 2. The molecule has 0 saturated carbocycles. The summed E-state index contributed by atoms with van der Waals surface area (Å²) in [6.07, 6.45) is 1.22. The molecular weight excluding hydrogens is 422 g/mol. The van der Waals surface area contributed by atoms with Crippen molar-refractivity contribution in [1.82, 2.24) is 9.97 Å². The van der Waals surface area contributed by atoms with Crippen LogP contribution in [0, 0.1) is 17.9 Å². The summed E-state index contributed by atoms with van der Waals surface area (Å²) in [5.41, 5.74) is 6.83. The van der Waals surface area contributed by atoms with Crippen LogP contribution in [0.25, 0.3) is 11.3 Å². The van der Waals surface area contributed by atoms with Gasteiger partial charge >= 0.3 is 0 Å². The Morgan fingerprint density at radius 3 is 2.66 bits per heavy atom. The summed E-state index contributed by atoms with van der Waals surface area (Å²) in [4.78, 5) is 7.83. The number of nitrogens with one attached hydrogen (secondary N) is 1. The van der Waals surface area contributed by atoms with Crippen LogP contribution in [0.4, 0.5) is 19.6 Å². The minimum absolute atomic E-state index is 0.0117. The summed E-state index contributed by atoms with van der Waals surface area (Å²) in [6, 6.07) is 5.78. The Morgan fingerprint density at radius 2 is 2.03 bits per heavy atom. The van der Waals surface area contributed by atoms with Crippen molar-refractivity contribution in [1.29, 1.82) is 0 Å². The number of thiazole rings is 1. The molecule has 0 unspecified atom stereocenters. The van der Waals surface area contributed by atoms with Crippen molar-refractivity contribution < 1.29 is 21.9 Å². The second-order valence-electron chi connectivity index (χ2n) is 6.61. The molecule has 152 valence electrons. The van der Waals surface area contributed by atoms with E-state index in [1.807, 2.05) is 0 Å². The minimum atomic E-state index is -4.09. The summed E-state index contributed by atoms with van der Waals surface area (Å²) in [7, 11) is -4.09. The molecule has 0 aliphatic carbocycles. The van der Waals surface area contributed by atoms with E-state index in [1.165, 1.54) is 18.3 Å². The number of nitrogens with two attached hydrogens (primary N) is 1. The lowest BCUT2D eigenvalue weighted by Gasteiger charge is -2.26. The van der Waals surface area contributed by atoms with Gasteiger partial charge in [0.15, 0.2) is 10.2 Å². The number of ether oxygens (including phenoxy) is 1. The van der Waals surface area contributed by atoms with Crippen LogP contribution in [0.15, 0.2) is 35.5 Å². The summed E-state index contributed by atoms with van der Waals surface area (Å²) < 4.78 is 61.2. The first-order chi connectivity index (χ1) is 13.7. The number of nitrogen functional groups attached to an aromatic ring is 1. The van der Waals surface area contributed by atoms with Crippen molar-refractivity contribution in [2.75, 3.05) is 23.7 Å². The van der Waals surface area contributed by atoms with E-state index in [2.05, 4.69) is 14.7 Å². The molecule has 11 heteroatoms. The van der Waals surface area contributed by atoms with Crippen molar-refractivity contribution in [2.24, 2.45) is 0 Å². The van der Waals surface area contributed by atoms with Gasteiger partial charge < -0.3 is 10.5 Å². The second-order valence-corrected chi connectivity index (χ2v) is 9.16. The highest BCUT2D eigenvalue weighted by atomic mass is 32.2. The molecule has 1 aliphatic heterocycles. The van der Waals surface area contributed by atoms with Crippen LogP contribution in [0.5, 0.6) is 0 Å². The Morgan fingerprint density at radius 1 is 1.28 bits per heavy atom. The normalized spacial score (nSPS) is 14.6. The highest BCUT2D eigenvalue weighted by Crippen LogP contribution is 2.34. The van der Waals surface area contributed by atoms with Crippen LogP contribution in [-0.2, 0) is 14.8 Å². The SMILES string of the molecule is Cc1cc(N)cnc1S(=O)(=O)Nc1nc(-c2ccc(C3COC3)c(F)c2)c(F)s1. The predicted octanol–water partition coefficient (Wildman–Crippen LogP) is 3.29. The fraction of sp³-hybridized carbons (Fsp3) is 0.222. The lowest BCUT2D eigenvalue weighted by atomic mass is 9.95. The first-order valence-electron chi connectivity index (χ1n) is 8.53. The number of nitrogens with zero attached hydrogens (tertiary/aromatic N) is 2. The minimum Gasteiger partial charge on any atom is -0.397 e. The molecule has 0 amide bonds. The van der Waals surface area contributed by atoms with Gasteiger partial charge in [-0.1, -0.05) is 23.5 Å². The highest BCUT2D eigenvalue weighted by Gasteiger charge is 2.25. The van der Waals surface area contributed by atoms with E-state index in [9.17, 15) is 17.2 Å². The van der Waals surface area contributed by atoms with Gasteiger partial charge in [0.2, 0.25) is 5.13 Å². The van der Waals surface area contributed by atoms with E-state index in [4.69, 9.17) is 10.5 Å². The third-order valence-electron chi connectivity index (χ3n) is 4.47. The number of aryl methyl sites for hydroxylation is 1. The van der Waals surface area contributed by atoms with E-state index in [-0.39, 0.29) is 27.3 Å². The van der Waals surface area contributed by atoms with Crippen LogP contribution in [0.3, 0.4) is 0 Å². The molecule has 0 atom stereocenters. The van der Waals surface area contributed by atoms with Crippen LogP contribution >= 0.6 is 11.3 Å². The van der Waals surface area contributed by atoms with Crippen molar-refractivity contribution >= 4 is 32.2 Å². The highest BCUT2D eigenvalue weighted by molar-refractivity contribution is 7.92. The molecule has 1 saturated heterocycles. The number of halogens is 2. The molecule has 29 heavy (non-hydrogen) atoms. The van der Waals surface area contributed by atoms with Crippen LogP contribution in [0.2, 0.25) is 0 Å². The fourth-order valence-electron chi connectivity index (χ4n) is 2.97. The third kappa shape index (κ3) is 3.80. The maximum atomic E-state index is 14.4. The summed E-state index contributed by atoms with van der Waals surface area (Å²) in [5, 5.41) is -1.15. The second kappa shape index (κ2) is 7.32. The molecule has 0 radical (unpaired) electrons. The maximum Gasteiger partial charge on any atom is 0.281 e. The number of benzene rings is 1. The van der Waals surface area contributed by atoms with Gasteiger partial charge in [0.05, 0.1) is 25.1 Å². The van der Waals surface area contributed by atoms with Gasteiger partial charge in [0.25, 0.3) is 10.0 Å². The molecule has 0 bridgehead atoms. The van der Waals surface area contributed by atoms with E-state index in [1.54, 1.807) is 19.1 Å². The smallest absolute Gasteiger partial charge is 0.281 e. The molecule has 1 aliphatic rings. The van der Waals surface area contributed by atoms with E-state index in [0.29, 0.717) is 41.4 Å². The first kappa shape index (κ1) is 19.7. The largest absolute Gasteiger partial charge is 0.397 e. The van der Waals surface area contributed by atoms with Crippen molar-refractivity contribution in [3.63, 3.8) is 0 Å². The van der Waals surface area contributed by atoms with Crippen LogP contribution < -0.4 is 10.5 Å². The first-order valence-corrected chi connectivity index (χ1v) is 10.8. The van der Waals surface area contributed by atoms with E-state index < -0.39 is 21.0 Å². The Labute approximate surface area is 169 Å². The van der Waals surface area contributed by atoms with Gasteiger partial charge in [0, 0.05) is 11.5 Å². The Bertz CT molecular complexity index is 1190. The lowest BCUT2D eigenvalue weighted by Crippen LogP contribution is -2.25. The molecule has 1 aromatic carbocycles. The quantitative estimate of drug-likeness (QED) is 0.633. The van der Waals surface area contributed by atoms with Gasteiger partial charge in [-0.2, -0.15) is 12.8 Å². The Hall–Kier alpha value is -2.63. The number of aromatic nitrogens is 2. The van der Waals surface area contributed by atoms with Crippen molar-refractivity contribution in [2.45, 2.75) is 17.9 Å². The molecule has 2 aromatic heterocycles. The Balaban J connectivity index is 1.62. The van der Waals surface area contributed by atoms with Gasteiger partial charge in [-0.15, -0.1) is 0 Å². The number of hydrogen-bond acceptors (Lipinski definition) is 7. The zero-order valence-electron chi connectivity index (χ0n) is 15.1. The van der Waals surface area contributed by atoms with Crippen LogP contribution in [-0.4, -0.2) is 31.6 Å². The number of pyridine rings is 1.